The molecule has 0 radical (unpaired) electrons. The Kier molecular flexibility index (Phi) is 3.72. The predicted octanol–water partition coefficient (Wildman–Crippen LogP) is 2.33. The fourth-order valence-electron chi connectivity index (χ4n) is 2.62. The minimum absolute atomic E-state index is 0.0894. The Morgan fingerprint density at radius 1 is 1.76 bits per heavy atom. The third-order valence-electron chi connectivity index (χ3n) is 3.49. The lowest BCUT2D eigenvalue weighted by molar-refractivity contribution is 0.0867. The summed E-state index contributed by atoms with van der Waals surface area (Å²) in [7, 11) is 0. The van der Waals surface area contributed by atoms with Crippen molar-refractivity contribution in [3.8, 4) is 0 Å². The van der Waals surface area contributed by atoms with E-state index >= 15 is 0 Å². The standard InChI is InChI=1S/C12H18ClN3O/c1-9-3-2-4-12(5-9,8-13)16-11(17)10-6-14-15-7-10/h6-7,9H,2-5,8H2,1H3,(H,14,15)(H,16,17). The van der Waals surface area contributed by atoms with Crippen molar-refractivity contribution in [1.29, 1.82) is 0 Å². The molecule has 1 heterocycles. The largest absolute Gasteiger partial charge is 0.345 e. The number of alkyl halides is 1. The topological polar surface area (TPSA) is 57.8 Å². The number of halogens is 1. The second-order valence-electron chi connectivity index (χ2n) is 5.06. The highest BCUT2D eigenvalue weighted by Gasteiger charge is 2.35. The molecule has 2 atom stereocenters. The maximum Gasteiger partial charge on any atom is 0.254 e. The van der Waals surface area contributed by atoms with Gasteiger partial charge in [-0.05, 0) is 18.8 Å². The summed E-state index contributed by atoms with van der Waals surface area (Å²) < 4.78 is 0. The number of hydrogen-bond donors (Lipinski definition) is 2. The zero-order chi connectivity index (χ0) is 12.3. The van der Waals surface area contributed by atoms with Crippen molar-refractivity contribution in [3.05, 3.63) is 18.0 Å². The van der Waals surface area contributed by atoms with Crippen molar-refractivity contribution in [2.75, 3.05) is 5.88 Å². The molecule has 0 spiro atoms. The maximum atomic E-state index is 12.0. The van der Waals surface area contributed by atoms with Crippen LogP contribution in [0.1, 0.15) is 43.0 Å². The fraction of sp³-hybridized carbons (Fsp3) is 0.667. The number of carbonyl (C=O) groups excluding carboxylic acids is 1. The number of nitrogens with zero attached hydrogens (tertiary/aromatic N) is 1. The van der Waals surface area contributed by atoms with Gasteiger partial charge >= 0.3 is 0 Å². The molecule has 94 valence electrons. The first-order valence-electron chi connectivity index (χ1n) is 6.02. The normalized spacial score (nSPS) is 28.9. The first-order valence-corrected chi connectivity index (χ1v) is 6.56. The maximum absolute atomic E-state index is 12.0. The number of amides is 1. The molecule has 1 amide bonds. The first kappa shape index (κ1) is 12.4. The Bertz CT molecular complexity index is 379. The molecule has 1 aliphatic rings. The summed E-state index contributed by atoms with van der Waals surface area (Å²) in [6.07, 6.45) is 7.40. The molecule has 2 unspecified atom stereocenters. The highest BCUT2D eigenvalue weighted by atomic mass is 35.5. The van der Waals surface area contributed by atoms with E-state index in [1.54, 1.807) is 6.20 Å². The molecular formula is C12H18ClN3O. The quantitative estimate of drug-likeness (QED) is 0.815. The molecule has 0 bridgehead atoms. The number of rotatable bonds is 3. The van der Waals surface area contributed by atoms with Crippen LogP contribution in [0.15, 0.2) is 12.4 Å². The molecular weight excluding hydrogens is 238 g/mol. The number of aromatic nitrogens is 2. The lowest BCUT2D eigenvalue weighted by atomic mass is 9.77. The number of H-pyrrole nitrogens is 1. The third kappa shape index (κ3) is 2.80. The van der Waals surface area contributed by atoms with Crippen LogP contribution in [-0.4, -0.2) is 27.5 Å². The van der Waals surface area contributed by atoms with Crippen LogP contribution in [0.3, 0.4) is 0 Å². The van der Waals surface area contributed by atoms with E-state index in [-0.39, 0.29) is 11.4 Å². The van der Waals surface area contributed by atoms with E-state index in [1.807, 2.05) is 0 Å². The van der Waals surface area contributed by atoms with Crippen LogP contribution in [0.4, 0.5) is 0 Å². The number of nitrogens with one attached hydrogen (secondary N) is 2. The van der Waals surface area contributed by atoms with Gasteiger partial charge in [0.15, 0.2) is 0 Å². The van der Waals surface area contributed by atoms with Crippen molar-refractivity contribution in [2.24, 2.45) is 5.92 Å². The van der Waals surface area contributed by atoms with Crippen molar-refractivity contribution in [1.82, 2.24) is 15.5 Å². The van der Waals surface area contributed by atoms with Crippen molar-refractivity contribution in [2.45, 2.75) is 38.1 Å². The number of hydrogen-bond acceptors (Lipinski definition) is 2. The van der Waals surface area contributed by atoms with E-state index in [2.05, 4.69) is 22.4 Å². The Hall–Kier alpha value is -1.03. The average molecular weight is 256 g/mol. The average Bonchev–Trinajstić information content (AvgIpc) is 2.82. The summed E-state index contributed by atoms with van der Waals surface area (Å²) in [5.74, 6) is 1.00. The molecule has 4 nitrogen and oxygen atoms in total. The lowest BCUT2D eigenvalue weighted by Gasteiger charge is -2.39. The lowest BCUT2D eigenvalue weighted by Crippen LogP contribution is -2.52. The van der Waals surface area contributed by atoms with Gasteiger partial charge in [0.05, 0.1) is 17.3 Å². The second kappa shape index (κ2) is 5.08. The zero-order valence-electron chi connectivity index (χ0n) is 10.0. The third-order valence-corrected chi connectivity index (χ3v) is 4.00. The van der Waals surface area contributed by atoms with Gasteiger partial charge in [-0.2, -0.15) is 5.10 Å². The van der Waals surface area contributed by atoms with E-state index in [1.165, 1.54) is 12.6 Å². The molecule has 1 aliphatic carbocycles. The monoisotopic (exact) mass is 255 g/mol. The van der Waals surface area contributed by atoms with Gasteiger partial charge in [0.2, 0.25) is 0 Å². The van der Waals surface area contributed by atoms with Crippen LogP contribution in [0.2, 0.25) is 0 Å². The van der Waals surface area contributed by atoms with E-state index in [0.717, 1.165) is 19.3 Å². The molecule has 0 aromatic carbocycles. The summed E-state index contributed by atoms with van der Waals surface area (Å²) in [6, 6.07) is 0. The van der Waals surface area contributed by atoms with Crippen molar-refractivity contribution >= 4 is 17.5 Å². The van der Waals surface area contributed by atoms with Gasteiger partial charge in [-0.3, -0.25) is 9.89 Å². The summed E-state index contributed by atoms with van der Waals surface area (Å²) in [4.78, 5) is 12.0. The van der Waals surface area contributed by atoms with Crippen LogP contribution < -0.4 is 5.32 Å². The second-order valence-corrected chi connectivity index (χ2v) is 5.32. The van der Waals surface area contributed by atoms with Gasteiger partial charge in [0, 0.05) is 12.1 Å². The molecule has 1 aromatic heterocycles. The first-order chi connectivity index (χ1) is 8.15. The molecule has 2 rings (SSSR count). The van der Waals surface area contributed by atoms with Gasteiger partial charge in [0.1, 0.15) is 0 Å². The Labute approximate surface area is 106 Å². The molecule has 17 heavy (non-hydrogen) atoms. The predicted molar refractivity (Wildman–Crippen MR) is 67.1 cm³/mol. The van der Waals surface area contributed by atoms with E-state index in [9.17, 15) is 4.79 Å². The van der Waals surface area contributed by atoms with Gasteiger partial charge < -0.3 is 5.32 Å². The Morgan fingerprint density at radius 3 is 3.18 bits per heavy atom. The summed E-state index contributed by atoms with van der Waals surface area (Å²) in [5, 5.41) is 9.51. The summed E-state index contributed by atoms with van der Waals surface area (Å²) in [6.45, 7) is 2.21. The smallest absolute Gasteiger partial charge is 0.254 e. The van der Waals surface area contributed by atoms with Crippen LogP contribution in [0.25, 0.3) is 0 Å². The molecule has 0 aliphatic heterocycles. The van der Waals surface area contributed by atoms with E-state index in [0.29, 0.717) is 17.4 Å². The van der Waals surface area contributed by atoms with E-state index in [4.69, 9.17) is 11.6 Å². The highest BCUT2D eigenvalue weighted by Crippen LogP contribution is 2.33. The highest BCUT2D eigenvalue weighted by molar-refractivity contribution is 6.19. The molecule has 2 N–H and O–H groups in total. The molecule has 5 heteroatoms. The Morgan fingerprint density at radius 2 is 2.59 bits per heavy atom. The van der Waals surface area contributed by atoms with Gasteiger partial charge in [-0.15, -0.1) is 11.6 Å². The van der Waals surface area contributed by atoms with Gasteiger partial charge in [-0.25, -0.2) is 0 Å². The zero-order valence-corrected chi connectivity index (χ0v) is 10.8. The van der Waals surface area contributed by atoms with Crippen LogP contribution in [0.5, 0.6) is 0 Å². The Balaban J connectivity index is 2.06. The molecule has 1 aromatic rings. The SMILES string of the molecule is CC1CCCC(CCl)(NC(=O)c2cn[nH]c2)C1. The number of carbonyl (C=O) groups is 1. The van der Waals surface area contributed by atoms with E-state index < -0.39 is 0 Å². The molecule has 0 saturated heterocycles. The van der Waals surface area contributed by atoms with Crippen molar-refractivity contribution in [3.63, 3.8) is 0 Å². The van der Waals surface area contributed by atoms with Gasteiger partial charge in [0.25, 0.3) is 5.91 Å². The minimum atomic E-state index is -0.242. The molecule has 1 fully saturated rings. The summed E-state index contributed by atoms with van der Waals surface area (Å²) >= 11 is 6.07. The summed E-state index contributed by atoms with van der Waals surface area (Å²) in [5.41, 5.74) is 0.320. The van der Waals surface area contributed by atoms with Crippen molar-refractivity contribution < 1.29 is 4.79 Å². The van der Waals surface area contributed by atoms with Crippen LogP contribution in [-0.2, 0) is 0 Å². The van der Waals surface area contributed by atoms with Crippen LogP contribution in [0, 0.1) is 5.92 Å². The van der Waals surface area contributed by atoms with Gasteiger partial charge in [-0.1, -0.05) is 19.8 Å². The fourth-order valence-corrected chi connectivity index (χ4v) is 2.93. The number of aromatic amines is 1. The van der Waals surface area contributed by atoms with Crippen LogP contribution >= 0.6 is 11.6 Å². The minimum Gasteiger partial charge on any atom is -0.345 e. The molecule has 1 saturated carbocycles.